The molecule has 5 nitrogen and oxygen atoms in total. The minimum Gasteiger partial charge on any atom is -0.396 e. The molecule has 0 radical (unpaired) electrons. The Hall–Kier alpha value is -2.02. The van der Waals surface area contributed by atoms with Crippen molar-refractivity contribution in [1.82, 2.24) is 5.32 Å². The fourth-order valence-electron chi connectivity index (χ4n) is 2.48. The van der Waals surface area contributed by atoms with Gasteiger partial charge in [0.25, 0.3) is 0 Å². The molecule has 2 unspecified atom stereocenters. The fourth-order valence-corrected chi connectivity index (χ4v) is 2.48. The third-order valence-corrected chi connectivity index (χ3v) is 3.63. The highest BCUT2D eigenvalue weighted by Crippen LogP contribution is 2.26. The number of aliphatic hydroxyl groups is 1. The molecular weight excluding hydrogens is 294 g/mol. The molecule has 0 spiro atoms. The monoisotopic (exact) mass is 312 g/mol. The molecular formula is C15H18F2N2O3. The molecule has 22 heavy (non-hydrogen) atoms. The lowest BCUT2D eigenvalue weighted by molar-refractivity contribution is -0.132. The van der Waals surface area contributed by atoms with Gasteiger partial charge in [0.15, 0.2) is 0 Å². The number of rotatable bonds is 5. The number of aliphatic hydroxyl groups excluding tert-OH is 1. The molecule has 7 heteroatoms. The molecule has 1 fully saturated rings. The smallest absolute Gasteiger partial charge is 0.239 e. The Bertz CT molecular complexity index is 560. The first-order valence-electron chi connectivity index (χ1n) is 7.11. The van der Waals surface area contributed by atoms with Crippen LogP contribution >= 0.6 is 0 Å². The average Bonchev–Trinajstić information content (AvgIpc) is 2.79. The molecule has 0 aliphatic carbocycles. The van der Waals surface area contributed by atoms with E-state index in [1.54, 1.807) is 6.92 Å². The van der Waals surface area contributed by atoms with Gasteiger partial charge in [0.05, 0.1) is 0 Å². The number of amides is 2. The zero-order valence-electron chi connectivity index (χ0n) is 12.2. The van der Waals surface area contributed by atoms with E-state index in [9.17, 15) is 18.4 Å². The molecule has 1 aliphatic rings. The summed E-state index contributed by atoms with van der Waals surface area (Å²) in [6.07, 6.45) is 0.681. The highest BCUT2D eigenvalue weighted by molar-refractivity contribution is 6.09. The molecule has 1 saturated heterocycles. The van der Waals surface area contributed by atoms with Crippen LogP contribution < -0.4 is 10.2 Å². The first-order valence-corrected chi connectivity index (χ1v) is 7.11. The number of hydrogen-bond donors (Lipinski definition) is 2. The van der Waals surface area contributed by atoms with Crippen molar-refractivity contribution in [2.45, 2.75) is 25.8 Å². The summed E-state index contributed by atoms with van der Waals surface area (Å²) in [6, 6.07) is 2.61. The molecule has 1 heterocycles. The van der Waals surface area contributed by atoms with Gasteiger partial charge >= 0.3 is 0 Å². The molecule has 1 aromatic rings. The number of hydrogen-bond acceptors (Lipinski definition) is 3. The van der Waals surface area contributed by atoms with Crippen molar-refractivity contribution >= 4 is 17.5 Å². The Morgan fingerprint density at radius 1 is 1.41 bits per heavy atom. The molecule has 0 aromatic heterocycles. The Labute approximate surface area is 126 Å². The minimum atomic E-state index is -0.868. The SMILES string of the molecule is CC(CCO)NC(=O)C1CCN(c2cc(F)cc(F)c2)C1=O. The molecule has 2 N–H and O–H groups in total. The zero-order valence-corrected chi connectivity index (χ0v) is 12.2. The average molecular weight is 312 g/mol. The summed E-state index contributed by atoms with van der Waals surface area (Å²) < 4.78 is 26.5. The molecule has 1 aliphatic heterocycles. The normalized spacial score (nSPS) is 19.4. The van der Waals surface area contributed by atoms with E-state index in [0.29, 0.717) is 6.42 Å². The van der Waals surface area contributed by atoms with E-state index in [1.165, 1.54) is 4.90 Å². The van der Waals surface area contributed by atoms with E-state index < -0.39 is 29.4 Å². The fraction of sp³-hybridized carbons (Fsp3) is 0.467. The summed E-state index contributed by atoms with van der Waals surface area (Å²) in [5, 5.41) is 11.5. The maximum absolute atomic E-state index is 13.2. The highest BCUT2D eigenvalue weighted by Gasteiger charge is 2.38. The number of carbonyl (C=O) groups excluding carboxylic acids is 2. The molecule has 0 saturated carbocycles. The van der Waals surface area contributed by atoms with Crippen LogP contribution in [0.1, 0.15) is 19.8 Å². The highest BCUT2D eigenvalue weighted by atomic mass is 19.1. The van der Waals surface area contributed by atoms with Gasteiger partial charge < -0.3 is 15.3 Å². The van der Waals surface area contributed by atoms with Gasteiger partial charge in [0.2, 0.25) is 11.8 Å². The van der Waals surface area contributed by atoms with Crippen molar-refractivity contribution in [3.05, 3.63) is 29.8 Å². The second-order valence-corrected chi connectivity index (χ2v) is 5.38. The van der Waals surface area contributed by atoms with Crippen LogP contribution in [-0.2, 0) is 9.59 Å². The van der Waals surface area contributed by atoms with Crippen molar-refractivity contribution in [2.24, 2.45) is 5.92 Å². The quantitative estimate of drug-likeness (QED) is 0.803. The molecule has 2 amide bonds. The van der Waals surface area contributed by atoms with E-state index in [0.717, 1.165) is 18.2 Å². The molecule has 120 valence electrons. The third-order valence-electron chi connectivity index (χ3n) is 3.63. The van der Waals surface area contributed by atoms with E-state index >= 15 is 0 Å². The summed E-state index contributed by atoms with van der Waals surface area (Å²) in [6.45, 7) is 1.90. The van der Waals surface area contributed by atoms with Crippen LogP contribution in [0, 0.1) is 17.6 Å². The number of carbonyl (C=O) groups is 2. The van der Waals surface area contributed by atoms with Gasteiger partial charge in [-0.2, -0.15) is 0 Å². The van der Waals surface area contributed by atoms with E-state index in [2.05, 4.69) is 5.32 Å². The van der Waals surface area contributed by atoms with Crippen molar-refractivity contribution < 1.29 is 23.5 Å². The van der Waals surface area contributed by atoms with Crippen LogP contribution in [0.2, 0.25) is 0 Å². The van der Waals surface area contributed by atoms with Crippen LogP contribution in [0.5, 0.6) is 0 Å². The van der Waals surface area contributed by atoms with Crippen molar-refractivity contribution in [1.29, 1.82) is 0 Å². The van der Waals surface area contributed by atoms with Crippen LogP contribution in [0.25, 0.3) is 0 Å². The number of nitrogens with one attached hydrogen (secondary N) is 1. The maximum atomic E-state index is 13.2. The first kappa shape index (κ1) is 16.4. The van der Waals surface area contributed by atoms with Crippen molar-refractivity contribution in [3.63, 3.8) is 0 Å². The Morgan fingerprint density at radius 3 is 2.64 bits per heavy atom. The summed E-state index contributed by atoms with van der Waals surface area (Å²) >= 11 is 0. The lowest BCUT2D eigenvalue weighted by Gasteiger charge is -2.18. The standard InChI is InChI=1S/C15H18F2N2O3/c1-9(3-5-20)18-14(21)13-2-4-19(15(13)22)12-7-10(16)6-11(17)8-12/h6-9,13,20H,2-5H2,1H3,(H,18,21). The van der Waals surface area contributed by atoms with E-state index in [-0.39, 0.29) is 31.3 Å². The Morgan fingerprint density at radius 2 is 2.05 bits per heavy atom. The van der Waals surface area contributed by atoms with Gasteiger partial charge in [-0.3, -0.25) is 9.59 Å². The molecule has 0 bridgehead atoms. The second-order valence-electron chi connectivity index (χ2n) is 5.38. The lowest BCUT2D eigenvalue weighted by atomic mass is 10.1. The van der Waals surface area contributed by atoms with E-state index in [1.807, 2.05) is 0 Å². The Kier molecular flexibility index (Phi) is 5.07. The number of anilines is 1. The predicted molar refractivity (Wildman–Crippen MR) is 76.1 cm³/mol. The van der Waals surface area contributed by atoms with Gasteiger partial charge in [0, 0.05) is 30.9 Å². The van der Waals surface area contributed by atoms with Crippen molar-refractivity contribution in [3.8, 4) is 0 Å². The van der Waals surface area contributed by atoms with Gasteiger partial charge in [-0.15, -0.1) is 0 Å². The van der Waals surface area contributed by atoms with Gasteiger partial charge in [-0.25, -0.2) is 8.78 Å². The van der Waals surface area contributed by atoms with Crippen LogP contribution in [-0.4, -0.2) is 36.1 Å². The number of benzene rings is 1. The Balaban J connectivity index is 2.07. The minimum absolute atomic E-state index is 0.0608. The molecule has 1 aromatic carbocycles. The number of halogens is 2. The third kappa shape index (κ3) is 3.59. The maximum Gasteiger partial charge on any atom is 0.239 e. The summed E-state index contributed by atoms with van der Waals surface area (Å²) in [5.74, 6) is -3.31. The zero-order chi connectivity index (χ0) is 16.3. The van der Waals surface area contributed by atoms with Crippen molar-refractivity contribution in [2.75, 3.05) is 18.1 Å². The molecule has 2 atom stereocenters. The van der Waals surface area contributed by atoms with Crippen LogP contribution in [0.15, 0.2) is 18.2 Å². The second kappa shape index (κ2) is 6.83. The van der Waals surface area contributed by atoms with Gasteiger partial charge in [-0.1, -0.05) is 0 Å². The van der Waals surface area contributed by atoms with Crippen LogP contribution in [0.4, 0.5) is 14.5 Å². The van der Waals surface area contributed by atoms with Crippen LogP contribution in [0.3, 0.4) is 0 Å². The van der Waals surface area contributed by atoms with Gasteiger partial charge in [0.1, 0.15) is 17.6 Å². The number of nitrogens with zero attached hydrogens (tertiary/aromatic N) is 1. The first-order chi connectivity index (χ1) is 10.4. The van der Waals surface area contributed by atoms with Gasteiger partial charge in [-0.05, 0) is 31.9 Å². The topological polar surface area (TPSA) is 69.6 Å². The summed E-state index contributed by atoms with van der Waals surface area (Å²) in [4.78, 5) is 25.6. The molecule has 2 rings (SSSR count). The van der Waals surface area contributed by atoms with E-state index in [4.69, 9.17) is 5.11 Å². The summed E-state index contributed by atoms with van der Waals surface area (Å²) in [7, 11) is 0. The summed E-state index contributed by atoms with van der Waals surface area (Å²) in [5.41, 5.74) is 0.112. The largest absolute Gasteiger partial charge is 0.396 e. The predicted octanol–water partition coefficient (Wildman–Crippen LogP) is 1.20. The lowest BCUT2D eigenvalue weighted by Crippen LogP contribution is -2.41.